The Morgan fingerprint density at radius 3 is 2.47 bits per heavy atom. The van der Waals surface area contributed by atoms with Crippen LogP contribution in [-0.2, 0) is 4.79 Å². The van der Waals surface area contributed by atoms with Crippen LogP contribution in [0.2, 0.25) is 0 Å². The molecule has 0 aromatic rings. The maximum atomic E-state index is 11.6. The summed E-state index contributed by atoms with van der Waals surface area (Å²) >= 11 is 0. The van der Waals surface area contributed by atoms with Gasteiger partial charge >= 0.3 is 0 Å². The highest BCUT2D eigenvalue weighted by molar-refractivity contribution is 5.80. The zero-order valence-electron chi connectivity index (χ0n) is 9.48. The summed E-state index contributed by atoms with van der Waals surface area (Å²) in [5.74, 6) is 0.366. The molecule has 0 aromatic heterocycles. The van der Waals surface area contributed by atoms with E-state index in [9.17, 15) is 9.90 Å². The number of carbonyl (C=O) groups is 1. The third-order valence-corrected chi connectivity index (χ3v) is 3.75. The monoisotopic (exact) mass is 211 g/mol. The van der Waals surface area contributed by atoms with Crippen LogP contribution < -0.4 is 0 Å². The van der Waals surface area contributed by atoms with Crippen LogP contribution in [0.15, 0.2) is 0 Å². The number of aliphatic hydroxyl groups excluding tert-OH is 1. The highest BCUT2D eigenvalue weighted by Crippen LogP contribution is 2.35. The second-order valence-electron chi connectivity index (χ2n) is 4.97. The molecule has 2 aliphatic heterocycles. The van der Waals surface area contributed by atoms with Gasteiger partial charge in [-0.2, -0.15) is 0 Å². The fourth-order valence-electron chi connectivity index (χ4n) is 3.07. The van der Waals surface area contributed by atoms with E-state index in [0.29, 0.717) is 30.8 Å². The maximum absolute atomic E-state index is 11.6. The number of rotatable bonds is 4. The molecule has 2 rings (SSSR count). The Labute approximate surface area is 91.5 Å². The number of carbonyl (C=O) groups excluding carboxylic acids is 1. The first-order valence-electron chi connectivity index (χ1n) is 6.16. The van der Waals surface area contributed by atoms with Crippen LogP contribution in [0.5, 0.6) is 0 Å². The van der Waals surface area contributed by atoms with Gasteiger partial charge in [-0.05, 0) is 32.1 Å². The minimum Gasteiger partial charge on any atom is -0.393 e. The Bertz CT molecular complexity index is 228. The number of hydrogen-bond acceptors (Lipinski definition) is 3. The fraction of sp³-hybridized carbons (Fsp3) is 0.917. The predicted octanol–water partition coefficient (Wildman–Crippen LogP) is 1.34. The first-order chi connectivity index (χ1) is 7.20. The first-order valence-corrected chi connectivity index (χ1v) is 6.16. The SMILES string of the molecule is CCCC(=O)CN1C2CCC1CC(O)C2. The summed E-state index contributed by atoms with van der Waals surface area (Å²) in [6.45, 7) is 2.67. The van der Waals surface area contributed by atoms with E-state index in [2.05, 4.69) is 4.90 Å². The van der Waals surface area contributed by atoms with E-state index in [4.69, 9.17) is 0 Å². The number of Topliss-reactive ketones (excluding diaryl/α,β-unsaturated/α-hetero) is 1. The molecule has 15 heavy (non-hydrogen) atoms. The molecule has 3 nitrogen and oxygen atoms in total. The van der Waals surface area contributed by atoms with Crippen molar-refractivity contribution in [2.45, 2.75) is 63.6 Å². The van der Waals surface area contributed by atoms with Gasteiger partial charge in [0.15, 0.2) is 0 Å². The number of fused-ring (bicyclic) bond motifs is 2. The summed E-state index contributed by atoms with van der Waals surface area (Å²) in [5, 5.41) is 9.63. The number of hydrogen-bond donors (Lipinski definition) is 1. The summed E-state index contributed by atoms with van der Waals surface area (Å²) in [5.41, 5.74) is 0. The molecule has 2 fully saturated rings. The highest BCUT2D eigenvalue weighted by atomic mass is 16.3. The van der Waals surface area contributed by atoms with E-state index >= 15 is 0 Å². The van der Waals surface area contributed by atoms with Crippen LogP contribution in [0.25, 0.3) is 0 Å². The second kappa shape index (κ2) is 4.62. The van der Waals surface area contributed by atoms with Crippen molar-refractivity contribution in [1.29, 1.82) is 0 Å². The van der Waals surface area contributed by atoms with E-state index < -0.39 is 0 Å². The van der Waals surface area contributed by atoms with Gasteiger partial charge in [0, 0.05) is 18.5 Å². The van der Waals surface area contributed by atoms with E-state index in [1.54, 1.807) is 0 Å². The summed E-state index contributed by atoms with van der Waals surface area (Å²) in [7, 11) is 0. The summed E-state index contributed by atoms with van der Waals surface area (Å²) < 4.78 is 0. The minimum atomic E-state index is -0.125. The van der Waals surface area contributed by atoms with Crippen molar-refractivity contribution >= 4 is 5.78 Å². The lowest BCUT2D eigenvalue weighted by Gasteiger charge is -2.36. The molecule has 2 saturated heterocycles. The molecule has 0 amide bonds. The van der Waals surface area contributed by atoms with E-state index in [0.717, 1.165) is 19.3 Å². The smallest absolute Gasteiger partial charge is 0.146 e. The zero-order chi connectivity index (χ0) is 10.8. The van der Waals surface area contributed by atoms with E-state index in [-0.39, 0.29) is 6.10 Å². The van der Waals surface area contributed by atoms with Crippen LogP contribution in [0.3, 0.4) is 0 Å². The van der Waals surface area contributed by atoms with Crippen LogP contribution in [0.1, 0.15) is 45.4 Å². The average molecular weight is 211 g/mol. The molecule has 3 heteroatoms. The fourth-order valence-corrected chi connectivity index (χ4v) is 3.07. The van der Waals surface area contributed by atoms with Gasteiger partial charge in [0.1, 0.15) is 5.78 Å². The van der Waals surface area contributed by atoms with Gasteiger partial charge in [-0.15, -0.1) is 0 Å². The lowest BCUT2D eigenvalue weighted by molar-refractivity contribution is -0.122. The first kappa shape index (κ1) is 11.1. The van der Waals surface area contributed by atoms with Gasteiger partial charge in [0.2, 0.25) is 0 Å². The largest absolute Gasteiger partial charge is 0.393 e. The van der Waals surface area contributed by atoms with Crippen molar-refractivity contribution in [2.75, 3.05) is 6.54 Å². The molecule has 0 saturated carbocycles. The Balaban J connectivity index is 1.91. The zero-order valence-corrected chi connectivity index (χ0v) is 9.48. The topological polar surface area (TPSA) is 40.5 Å². The van der Waals surface area contributed by atoms with Gasteiger partial charge in [-0.1, -0.05) is 6.92 Å². The van der Waals surface area contributed by atoms with Crippen LogP contribution in [0.4, 0.5) is 0 Å². The van der Waals surface area contributed by atoms with Gasteiger partial charge in [-0.3, -0.25) is 9.69 Å². The molecule has 0 radical (unpaired) electrons. The van der Waals surface area contributed by atoms with Crippen molar-refractivity contribution in [3.05, 3.63) is 0 Å². The molecule has 2 aliphatic rings. The molecule has 86 valence electrons. The standard InChI is InChI=1S/C12H21NO2/c1-2-3-11(14)8-13-9-4-5-10(13)7-12(15)6-9/h9-10,12,15H,2-8H2,1H3. The number of piperidine rings is 1. The molecule has 1 N–H and O–H groups in total. The van der Waals surface area contributed by atoms with Crippen molar-refractivity contribution in [1.82, 2.24) is 4.90 Å². The maximum Gasteiger partial charge on any atom is 0.146 e. The van der Waals surface area contributed by atoms with E-state index in [1.165, 1.54) is 12.8 Å². The van der Waals surface area contributed by atoms with Crippen LogP contribution in [0, 0.1) is 0 Å². The summed E-state index contributed by atoms with van der Waals surface area (Å²) in [6.07, 6.45) is 5.61. The molecule has 0 aromatic carbocycles. The lowest BCUT2D eigenvalue weighted by Crippen LogP contribution is -2.46. The second-order valence-corrected chi connectivity index (χ2v) is 4.97. The Morgan fingerprint density at radius 2 is 1.93 bits per heavy atom. The van der Waals surface area contributed by atoms with Crippen molar-refractivity contribution in [2.24, 2.45) is 0 Å². The van der Waals surface area contributed by atoms with Crippen molar-refractivity contribution in [3.63, 3.8) is 0 Å². The van der Waals surface area contributed by atoms with Gasteiger partial charge < -0.3 is 5.11 Å². The molecular weight excluding hydrogens is 190 g/mol. The third-order valence-electron chi connectivity index (χ3n) is 3.75. The molecule has 0 aliphatic carbocycles. The Morgan fingerprint density at radius 1 is 1.33 bits per heavy atom. The Kier molecular flexibility index (Phi) is 3.42. The highest BCUT2D eigenvalue weighted by Gasteiger charge is 2.40. The predicted molar refractivity (Wildman–Crippen MR) is 58.7 cm³/mol. The van der Waals surface area contributed by atoms with Crippen LogP contribution in [-0.4, -0.2) is 40.5 Å². The van der Waals surface area contributed by atoms with Gasteiger partial charge in [-0.25, -0.2) is 0 Å². The normalized spacial score (nSPS) is 35.7. The lowest BCUT2D eigenvalue weighted by atomic mass is 9.99. The van der Waals surface area contributed by atoms with Gasteiger partial charge in [0.05, 0.1) is 12.6 Å². The molecule has 2 bridgehead atoms. The Hall–Kier alpha value is -0.410. The van der Waals surface area contributed by atoms with Gasteiger partial charge in [0.25, 0.3) is 0 Å². The minimum absolute atomic E-state index is 0.125. The number of aliphatic hydroxyl groups is 1. The molecule has 2 heterocycles. The number of nitrogens with zero attached hydrogens (tertiary/aromatic N) is 1. The molecule has 2 atom stereocenters. The summed E-state index contributed by atoms with van der Waals surface area (Å²) in [4.78, 5) is 13.9. The number of ketones is 1. The molecular formula is C12H21NO2. The summed E-state index contributed by atoms with van der Waals surface area (Å²) in [6, 6.07) is 0.944. The molecule has 2 unspecified atom stereocenters. The van der Waals surface area contributed by atoms with Crippen molar-refractivity contribution in [3.8, 4) is 0 Å². The van der Waals surface area contributed by atoms with Crippen LogP contribution >= 0.6 is 0 Å². The van der Waals surface area contributed by atoms with Crippen molar-refractivity contribution < 1.29 is 9.90 Å². The van der Waals surface area contributed by atoms with E-state index in [1.807, 2.05) is 6.92 Å². The molecule has 0 spiro atoms. The third kappa shape index (κ3) is 2.40. The quantitative estimate of drug-likeness (QED) is 0.763. The average Bonchev–Trinajstić information content (AvgIpc) is 2.44.